The van der Waals surface area contributed by atoms with Crippen LogP contribution in [0.15, 0.2) is 95.5 Å². The van der Waals surface area contributed by atoms with Gasteiger partial charge >= 0.3 is 0 Å². The number of halogens is 2. The Labute approximate surface area is 274 Å². The van der Waals surface area contributed by atoms with Crippen LogP contribution >= 0.6 is 35.0 Å². The Hall–Kier alpha value is -4.64. The molecule has 4 aromatic carbocycles. The molecule has 4 rings (SSSR count). The molecule has 0 saturated heterocycles. The van der Waals surface area contributed by atoms with E-state index in [4.69, 9.17) is 37.4 Å². The molecule has 0 radical (unpaired) electrons. The minimum atomic E-state index is -0.573. The molecule has 0 bridgehead atoms. The van der Waals surface area contributed by atoms with Gasteiger partial charge in [-0.1, -0.05) is 41.4 Å². The topological polar surface area (TPSA) is 115 Å². The van der Waals surface area contributed by atoms with Crippen molar-refractivity contribution in [3.05, 3.63) is 112 Å². The second kappa shape index (κ2) is 15.9. The molecule has 0 saturated carbocycles. The van der Waals surface area contributed by atoms with Crippen LogP contribution in [0, 0.1) is 0 Å². The highest BCUT2D eigenvalue weighted by Crippen LogP contribution is 2.35. The summed E-state index contributed by atoms with van der Waals surface area (Å²) in [4.78, 5) is 39.8. The van der Waals surface area contributed by atoms with Gasteiger partial charge in [0.25, 0.3) is 11.8 Å². The summed E-state index contributed by atoms with van der Waals surface area (Å²) in [5, 5.41) is 9.12. The van der Waals surface area contributed by atoms with Crippen molar-refractivity contribution in [1.82, 2.24) is 5.32 Å². The van der Waals surface area contributed by atoms with Gasteiger partial charge in [-0.15, -0.1) is 11.8 Å². The van der Waals surface area contributed by atoms with Crippen molar-refractivity contribution < 1.29 is 28.6 Å². The van der Waals surface area contributed by atoms with Crippen molar-refractivity contribution in [3.8, 4) is 17.2 Å². The maximum absolute atomic E-state index is 13.5. The number of hydrogen-bond donors (Lipinski definition) is 3. The van der Waals surface area contributed by atoms with E-state index in [0.29, 0.717) is 49.8 Å². The van der Waals surface area contributed by atoms with Gasteiger partial charge in [0.2, 0.25) is 5.91 Å². The molecule has 12 heteroatoms. The fourth-order valence-corrected chi connectivity index (χ4v) is 5.29. The summed E-state index contributed by atoms with van der Waals surface area (Å²) in [7, 11) is 4.48. The fourth-order valence-electron chi connectivity index (χ4n) is 4.07. The molecule has 4 aromatic rings. The number of hydrogen-bond acceptors (Lipinski definition) is 7. The quantitative estimate of drug-likeness (QED) is 0.109. The average molecular weight is 667 g/mol. The van der Waals surface area contributed by atoms with E-state index in [2.05, 4.69) is 16.0 Å². The Balaban J connectivity index is 1.50. The number of ether oxygens (including phenoxy) is 3. The van der Waals surface area contributed by atoms with E-state index in [1.165, 1.54) is 39.2 Å². The molecular formula is C33H29Cl2N3O6S. The van der Waals surface area contributed by atoms with E-state index in [-0.39, 0.29) is 17.4 Å². The predicted molar refractivity (Wildman–Crippen MR) is 179 cm³/mol. The minimum Gasteiger partial charge on any atom is -0.496 e. The van der Waals surface area contributed by atoms with Crippen LogP contribution in [0.1, 0.15) is 15.9 Å². The normalized spacial score (nSPS) is 10.9. The summed E-state index contributed by atoms with van der Waals surface area (Å²) in [6.07, 6.45) is 1.49. The highest BCUT2D eigenvalue weighted by molar-refractivity contribution is 8.00. The van der Waals surface area contributed by atoms with Gasteiger partial charge in [0.05, 0.1) is 27.1 Å². The minimum absolute atomic E-state index is 0.0365. The molecule has 0 aliphatic rings. The lowest BCUT2D eigenvalue weighted by atomic mass is 10.1. The highest BCUT2D eigenvalue weighted by atomic mass is 35.5. The molecule has 0 heterocycles. The smallest absolute Gasteiger partial charge is 0.272 e. The largest absolute Gasteiger partial charge is 0.496 e. The molecule has 232 valence electrons. The number of rotatable bonds is 12. The van der Waals surface area contributed by atoms with Crippen LogP contribution in [0.3, 0.4) is 0 Å². The summed E-state index contributed by atoms with van der Waals surface area (Å²) in [5.74, 6) is 0.118. The first kappa shape index (κ1) is 33.3. The number of carbonyl (C=O) groups excluding carboxylic acids is 3. The number of nitrogens with one attached hydrogen (secondary N) is 3. The SMILES string of the molecule is COc1cc(OC)c(OC)cc1/C=C(\NC(=O)c1ccccc1)C(=O)Nc1ccc(SCC(=O)Nc2cc(Cl)cc(Cl)c2)cc1. The molecule has 9 nitrogen and oxygen atoms in total. The second-order valence-corrected chi connectivity index (χ2v) is 11.2. The number of methoxy groups -OCH3 is 3. The van der Waals surface area contributed by atoms with Crippen LogP contribution < -0.4 is 30.2 Å². The second-order valence-electron chi connectivity index (χ2n) is 9.30. The summed E-state index contributed by atoms with van der Waals surface area (Å²) in [6.45, 7) is 0. The number of carbonyl (C=O) groups is 3. The van der Waals surface area contributed by atoms with Crippen LogP contribution in [0.25, 0.3) is 6.08 Å². The number of benzene rings is 4. The van der Waals surface area contributed by atoms with Gasteiger partial charge in [0, 0.05) is 43.5 Å². The van der Waals surface area contributed by atoms with Crippen molar-refractivity contribution in [2.24, 2.45) is 0 Å². The number of amides is 3. The maximum Gasteiger partial charge on any atom is 0.272 e. The van der Waals surface area contributed by atoms with E-state index >= 15 is 0 Å². The Morgan fingerprint density at radius 2 is 1.36 bits per heavy atom. The number of thioether (sulfide) groups is 1. The van der Waals surface area contributed by atoms with Crippen molar-refractivity contribution in [1.29, 1.82) is 0 Å². The zero-order valence-electron chi connectivity index (χ0n) is 24.5. The van der Waals surface area contributed by atoms with Crippen molar-refractivity contribution >= 4 is 70.1 Å². The zero-order valence-corrected chi connectivity index (χ0v) is 26.8. The Morgan fingerprint density at radius 3 is 1.98 bits per heavy atom. The first-order valence-corrected chi connectivity index (χ1v) is 15.1. The molecule has 3 N–H and O–H groups in total. The highest BCUT2D eigenvalue weighted by Gasteiger charge is 2.18. The maximum atomic E-state index is 13.5. The molecule has 0 aromatic heterocycles. The van der Waals surface area contributed by atoms with Gasteiger partial charge < -0.3 is 30.2 Å². The summed E-state index contributed by atoms with van der Waals surface area (Å²) < 4.78 is 16.3. The molecule has 0 atom stereocenters. The van der Waals surface area contributed by atoms with Gasteiger partial charge in [-0.2, -0.15) is 0 Å². The standard InChI is InChI=1S/C33H29Cl2N3O6S/c1-42-28-18-30(44-3)29(43-2)14-21(28)13-27(38-32(40)20-7-5-4-6-8-20)33(41)37-24-9-11-26(12-10-24)45-19-31(39)36-25-16-22(34)15-23(35)17-25/h4-18H,19H2,1-3H3,(H,36,39)(H,37,41)(H,38,40)/b27-13-. The van der Waals surface area contributed by atoms with Crippen LogP contribution in [0.2, 0.25) is 10.0 Å². The third-order valence-electron chi connectivity index (χ3n) is 6.19. The van der Waals surface area contributed by atoms with E-state index in [9.17, 15) is 14.4 Å². The molecule has 0 spiro atoms. The average Bonchev–Trinajstić information content (AvgIpc) is 3.03. The van der Waals surface area contributed by atoms with Crippen LogP contribution in [0.5, 0.6) is 17.2 Å². The van der Waals surface area contributed by atoms with E-state index in [0.717, 1.165) is 4.90 Å². The van der Waals surface area contributed by atoms with Crippen molar-refractivity contribution in [2.45, 2.75) is 4.90 Å². The first-order valence-electron chi connectivity index (χ1n) is 13.4. The van der Waals surface area contributed by atoms with E-state index in [1.807, 2.05) is 0 Å². The summed E-state index contributed by atoms with van der Waals surface area (Å²) in [5.41, 5.74) is 1.79. The van der Waals surface area contributed by atoms with Crippen LogP contribution in [-0.4, -0.2) is 44.8 Å². The molecule has 0 fully saturated rings. The van der Waals surface area contributed by atoms with Gasteiger partial charge in [-0.05, 0) is 66.7 Å². The third-order valence-corrected chi connectivity index (χ3v) is 7.64. The molecule has 0 aliphatic heterocycles. The Kier molecular flexibility index (Phi) is 11.7. The molecule has 0 unspecified atom stereocenters. The molecule has 45 heavy (non-hydrogen) atoms. The lowest BCUT2D eigenvalue weighted by Gasteiger charge is -2.15. The lowest BCUT2D eigenvalue weighted by molar-refractivity contribution is -0.114. The first-order chi connectivity index (χ1) is 21.7. The predicted octanol–water partition coefficient (Wildman–Crippen LogP) is 7.16. The third kappa shape index (κ3) is 9.42. The molecule has 0 aliphatic carbocycles. The number of anilines is 2. The monoisotopic (exact) mass is 665 g/mol. The van der Waals surface area contributed by atoms with E-state index in [1.54, 1.807) is 84.9 Å². The van der Waals surface area contributed by atoms with Gasteiger partial charge in [-0.3, -0.25) is 14.4 Å². The van der Waals surface area contributed by atoms with Crippen molar-refractivity contribution in [3.63, 3.8) is 0 Å². The van der Waals surface area contributed by atoms with E-state index < -0.39 is 11.8 Å². The van der Waals surface area contributed by atoms with Crippen LogP contribution in [0.4, 0.5) is 11.4 Å². The summed E-state index contributed by atoms with van der Waals surface area (Å²) in [6, 6.07) is 23.5. The Bertz CT molecular complexity index is 1700. The fraction of sp³-hybridized carbons (Fsp3) is 0.121. The van der Waals surface area contributed by atoms with Crippen molar-refractivity contribution in [2.75, 3.05) is 37.7 Å². The van der Waals surface area contributed by atoms with Gasteiger partial charge in [-0.25, -0.2) is 0 Å². The Morgan fingerprint density at radius 1 is 0.733 bits per heavy atom. The van der Waals surface area contributed by atoms with Crippen LogP contribution in [-0.2, 0) is 9.59 Å². The van der Waals surface area contributed by atoms with Gasteiger partial charge in [0.1, 0.15) is 11.4 Å². The molecule has 3 amide bonds. The molecular weight excluding hydrogens is 637 g/mol. The lowest BCUT2D eigenvalue weighted by Crippen LogP contribution is -2.30. The van der Waals surface area contributed by atoms with Gasteiger partial charge in [0.15, 0.2) is 11.5 Å². The zero-order chi connectivity index (χ0) is 32.3. The summed E-state index contributed by atoms with van der Waals surface area (Å²) >= 11 is 13.3.